The summed E-state index contributed by atoms with van der Waals surface area (Å²) in [5, 5.41) is 9.03. The molecule has 2 aliphatic rings. The molecule has 0 radical (unpaired) electrons. The first-order valence-electron chi connectivity index (χ1n) is 7.90. The maximum Gasteiger partial charge on any atom is 0.0558 e. The standard InChI is InChI=1S/C15H30N2O/c1-2-14-4-6-15(7-5-14)17-9-3-8-16(10-11-17)12-13-18/h14-15,18H,2-13H2,1H3. The van der Waals surface area contributed by atoms with Gasteiger partial charge in [0.05, 0.1) is 6.61 Å². The van der Waals surface area contributed by atoms with E-state index in [0.717, 1.165) is 25.0 Å². The van der Waals surface area contributed by atoms with Crippen molar-refractivity contribution < 1.29 is 5.11 Å². The van der Waals surface area contributed by atoms with Gasteiger partial charge in [-0.2, -0.15) is 0 Å². The van der Waals surface area contributed by atoms with Crippen LogP contribution in [0.1, 0.15) is 45.4 Å². The highest BCUT2D eigenvalue weighted by atomic mass is 16.3. The maximum atomic E-state index is 9.03. The minimum atomic E-state index is 0.307. The Balaban J connectivity index is 1.76. The molecule has 106 valence electrons. The van der Waals surface area contributed by atoms with Crippen LogP contribution in [-0.2, 0) is 0 Å². The van der Waals surface area contributed by atoms with Crippen LogP contribution in [0, 0.1) is 5.92 Å². The molecule has 0 aromatic heterocycles. The van der Waals surface area contributed by atoms with E-state index >= 15 is 0 Å². The smallest absolute Gasteiger partial charge is 0.0558 e. The van der Waals surface area contributed by atoms with Crippen LogP contribution in [0.4, 0.5) is 0 Å². The van der Waals surface area contributed by atoms with Gasteiger partial charge in [-0.3, -0.25) is 9.80 Å². The molecule has 1 aliphatic carbocycles. The highest BCUT2D eigenvalue weighted by molar-refractivity contribution is 4.81. The van der Waals surface area contributed by atoms with Gasteiger partial charge in [-0.1, -0.05) is 13.3 Å². The predicted molar refractivity (Wildman–Crippen MR) is 75.8 cm³/mol. The summed E-state index contributed by atoms with van der Waals surface area (Å²) >= 11 is 0. The highest BCUT2D eigenvalue weighted by Crippen LogP contribution is 2.29. The van der Waals surface area contributed by atoms with Crippen molar-refractivity contribution in [2.45, 2.75) is 51.5 Å². The third kappa shape index (κ3) is 3.94. The van der Waals surface area contributed by atoms with E-state index in [2.05, 4.69) is 16.7 Å². The Morgan fingerprint density at radius 3 is 2.44 bits per heavy atom. The molecule has 0 bridgehead atoms. The van der Waals surface area contributed by atoms with E-state index < -0.39 is 0 Å². The van der Waals surface area contributed by atoms with Crippen LogP contribution < -0.4 is 0 Å². The molecule has 1 N–H and O–H groups in total. The van der Waals surface area contributed by atoms with Crippen molar-refractivity contribution in [1.82, 2.24) is 9.80 Å². The average Bonchev–Trinajstić information content (AvgIpc) is 2.65. The first kappa shape index (κ1) is 14.3. The Morgan fingerprint density at radius 2 is 1.78 bits per heavy atom. The van der Waals surface area contributed by atoms with E-state index in [1.165, 1.54) is 58.2 Å². The lowest BCUT2D eigenvalue weighted by Gasteiger charge is -2.36. The zero-order valence-electron chi connectivity index (χ0n) is 12.0. The third-order valence-electron chi connectivity index (χ3n) is 4.95. The number of hydrogen-bond acceptors (Lipinski definition) is 3. The van der Waals surface area contributed by atoms with Gasteiger partial charge in [0, 0.05) is 25.7 Å². The topological polar surface area (TPSA) is 26.7 Å². The first-order valence-corrected chi connectivity index (χ1v) is 7.90. The average molecular weight is 254 g/mol. The largest absolute Gasteiger partial charge is 0.395 e. The number of aliphatic hydroxyl groups excluding tert-OH is 1. The molecule has 0 spiro atoms. The second-order valence-electron chi connectivity index (χ2n) is 6.04. The maximum absolute atomic E-state index is 9.03. The molecule has 2 rings (SSSR count). The van der Waals surface area contributed by atoms with Crippen LogP contribution in [0.5, 0.6) is 0 Å². The molecule has 3 nitrogen and oxygen atoms in total. The lowest BCUT2D eigenvalue weighted by molar-refractivity contribution is 0.135. The fraction of sp³-hybridized carbons (Fsp3) is 1.00. The predicted octanol–water partition coefficient (Wildman–Crippen LogP) is 1.96. The van der Waals surface area contributed by atoms with E-state index in [1.807, 2.05) is 0 Å². The molecule has 1 saturated heterocycles. The molecule has 0 atom stereocenters. The van der Waals surface area contributed by atoms with Gasteiger partial charge in [-0.15, -0.1) is 0 Å². The van der Waals surface area contributed by atoms with Crippen molar-refractivity contribution in [1.29, 1.82) is 0 Å². The second-order valence-corrected chi connectivity index (χ2v) is 6.04. The van der Waals surface area contributed by atoms with E-state index in [4.69, 9.17) is 5.11 Å². The normalized spacial score (nSPS) is 32.3. The summed E-state index contributed by atoms with van der Waals surface area (Å²) in [5.41, 5.74) is 0. The van der Waals surface area contributed by atoms with Crippen molar-refractivity contribution >= 4 is 0 Å². The number of rotatable bonds is 4. The molecule has 1 heterocycles. The SMILES string of the molecule is CCC1CCC(N2CCCN(CCO)CC2)CC1. The molecule has 0 aromatic rings. The number of aliphatic hydroxyl groups is 1. The number of hydrogen-bond donors (Lipinski definition) is 1. The highest BCUT2D eigenvalue weighted by Gasteiger charge is 2.26. The zero-order valence-corrected chi connectivity index (χ0v) is 12.0. The Morgan fingerprint density at radius 1 is 1.00 bits per heavy atom. The van der Waals surface area contributed by atoms with Crippen LogP contribution in [0.2, 0.25) is 0 Å². The van der Waals surface area contributed by atoms with Gasteiger partial charge >= 0.3 is 0 Å². The molecule has 2 fully saturated rings. The second kappa shape index (κ2) is 7.46. The van der Waals surface area contributed by atoms with Gasteiger partial charge in [0.15, 0.2) is 0 Å². The Labute approximate surface area is 112 Å². The summed E-state index contributed by atoms with van der Waals surface area (Å²) in [7, 11) is 0. The molecular weight excluding hydrogens is 224 g/mol. The van der Waals surface area contributed by atoms with Gasteiger partial charge in [0.25, 0.3) is 0 Å². The van der Waals surface area contributed by atoms with E-state index in [-0.39, 0.29) is 0 Å². The fourth-order valence-electron chi connectivity index (χ4n) is 3.64. The summed E-state index contributed by atoms with van der Waals surface area (Å²) in [4.78, 5) is 5.14. The first-order chi connectivity index (χ1) is 8.83. The minimum Gasteiger partial charge on any atom is -0.395 e. The third-order valence-corrected chi connectivity index (χ3v) is 4.95. The summed E-state index contributed by atoms with van der Waals surface area (Å²) in [6.07, 6.45) is 8.36. The minimum absolute atomic E-state index is 0.307. The molecule has 0 amide bonds. The molecule has 0 unspecified atom stereocenters. The Kier molecular flexibility index (Phi) is 5.93. The summed E-state index contributed by atoms with van der Waals surface area (Å²) in [6.45, 7) is 8.29. The lowest BCUT2D eigenvalue weighted by atomic mass is 9.84. The quantitative estimate of drug-likeness (QED) is 0.831. The van der Waals surface area contributed by atoms with Crippen molar-refractivity contribution in [3.05, 3.63) is 0 Å². The van der Waals surface area contributed by atoms with E-state index in [0.29, 0.717) is 6.61 Å². The van der Waals surface area contributed by atoms with Gasteiger partial charge in [-0.25, -0.2) is 0 Å². The molecular formula is C15H30N2O. The van der Waals surface area contributed by atoms with Crippen molar-refractivity contribution in [2.75, 3.05) is 39.3 Å². The van der Waals surface area contributed by atoms with Crippen molar-refractivity contribution in [3.8, 4) is 0 Å². The van der Waals surface area contributed by atoms with Gasteiger partial charge in [0.2, 0.25) is 0 Å². The molecule has 18 heavy (non-hydrogen) atoms. The molecule has 3 heteroatoms. The monoisotopic (exact) mass is 254 g/mol. The summed E-state index contributed by atoms with van der Waals surface area (Å²) < 4.78 is 0. The lowest BCUT2D eigenvalue weighted by Crippen LogP contribution is -2.40. The van der Waals surface area contributed by atoms with Gasteiger partial charge in [0.1, 0.15) is 0 Å². The van der Waals surface area contributed by atoms with E-state index in [9.17, 15) is 0 Å². The Bertz CT molecular complexity index is 227. The molecule has 1 saturated carbocycles. The zero-order chi connectivity index (χ0) is 12.8. The van der Waals surface area contributed by atoms with Crippen LogP contribution in [0.25, 0.3) is 0 Å². The summed E-state index contributed by atoms with van der Waals surface area (Å²) in [6, 6.07) is 0.849. The van der Waals surface area contributed by atoms with Crippen molar-refractivity contribution in [3.63, 3.8) is 0 Å². The Hall–Kier alpha value is -0.120. The van der Waals surface area contributed by atoms with Gasteiger partial charge in [-0.05, 0) is 51.1 Å². The van der Waals surface area contributed by atoms with Crippen molar-refractivity contribution in [2.24, 2.45) is 5.92 Å². The van der Waals surface area contributed by atoms with Crippen LogP contribution in [0.3, 0.4) is 0 Å². The fourth-order valence-corrected chi connectivity index (χ4v) is 3.64. The van der Waals surface area contributed by atoms with E-state index in [1.54, 1.807) is 0 Å². The van der Waals surface area contributed by atoms with Crippen LogP contribution in [-0.4, -0.2) is 60.3 Å². The molecule has 1 aliphatic heterocycles. The van der Waals surface area contributed by atoms with Crippen LogP contribution in [0.15, 0.2) is 0 Å². The summed E-state index contributed by atoms with van der Waals surface area (Å²) in [5.74, 6) is 0.999. The molecule has 0 aromatic carbocycles. The van der Waals surface area contributed by atoms with Crippen LogP contribution >= 0.6 is 0 Å². The van der Waals surface area contributed by atoms with Gasteiger partial charge < -0.3 is 5.11 Å². The number of nitrogens with zero attached hydrogens (tertiary/aromatic N) is 2. The number of β-amino-alcohol motifs (C(OH)–C–C–N with tert-alkyl or cyclic N) is 1.